The van der Waals surface area contributed by atoms with Crippen molar-refractivity contribution in [2.75, 3.05) is 31.1 Å². The molecular formula is C17H25N3O. The van der Waals surface area contributed by atoms with E-state index in [1.165, 1.54) is 11.3 Å². The second kappa shape index (κ2) is 6.06. The lowest BCUT2D eigenvalue weighted by molar-refractivity contribution is -0.126. The van der Waals surface area contributed by atoms with Crippen LogP contribution in [0.3, 0.4) is 0 Å². The number of carbonyl (C=O) groups is 1. The number of hydrogen-bond donors (Lipinski definition) is 2. The second-order valence-corrected chi connectivity index (χ2v) is 6.37. The number of hydrogen-bond acceptors (Lipinski definition) is 3. The van der Waals surface area contributed by atoms with Gasteiger partial charge < -0.3 is 15.5 Å². The highest BCUT2D eigenvalue weighted by Gasteiger charge is 2.29. The third-order valence-corrected chi connectivity index (χ3v) is 4.93. The molecule has 0 aliphatic carbocycles. The first-order valence-electron chi connectivity index (χ1n) is 8.00. The molecule has 0 saturated carbocycles. The minimum atomic E-state index is 0.120. The van der Waals surface area contributed by atoms with Crippen molar-refractivity contribution in [3.63, 3.8) is 0 Å². The third kappa shape index (κ3) is 2.91. The smallest absolute Gasteiger partial charge is 0.223 e. The fourth-order valence-electron chi connectivity index (χ4n) is 3.31. The monoisotopic (exact) mass is 287 g/mol. The molecule has 0 aromatic heterocycles. The molecule has 2 unspecified atom stereocenters. The van der Waals surface area contributed by atoms with Gasteiger partial charge in [-0.25, -0.2) is 0 Å². The number of para-hydroxylation sites is 1. The maximum absolute atomic E-state index is 12.1. The lowest BCUT2D eigenvalue weighted by atomic mass is 9.88. The maximum atomic E-state index is 12.1. The van der Waals surface area contributed by atoms with Crippen molar-refractivity contribution in [1.82, 2.24) is 10.6 Å². The van der Waals surface area contributed by atoms with Crippen LogP contribution in [0.4, 0.5) is 5.69 Å². The Morgan fingerprint density at radius 2 is 2.19 bits per heavy atom. The molecule has 1 amide bonds. The minimum Gasteiger partial charge on any atom is -0.367 e. The number of nitrogens with one attached hydrogen (secondary N) is 2. The summed E-state index contributed by atoms with van der Waals surface area (Å²) in [5, 5.41) is 6.33. The van der Waals surface area contributed by atoms with Gasteiger partial charge in [0.1, 0.15) is 0 Å². The Bertz CT molecular complexity index is 513. The first-order chi connectivity index (χ1) is 10.2. The van der Waals surface area contributed by atoms with Crippen LogP contribution in [-0.4, -0.2) is 38.1 Å². The highest BCUT2D eigenvalue weighted by atomic mass is 16.1. The molecule has 21 heavy (non-hydrogen) atoms. The average molecular weight is 287 g/mol. The van der Waals surface area contributed by atoms with E-state index in [2.05, 4.69) is 46.7 Å². The Kier molecular flexibility index (Phi) is 4.15. The van der Waals surface area contributed by atoms with Crippen molar-refractivity contribution < 1.29 is 4.79 Å². The Morgan fingerprint density at radius 3 is 2.90 bits per heavy atom. The molecule has 1 aromatic rings. The van der Waals surface area contributed by atoms with E-state index in [1.807, 2.05) is 6.92 Å². The molecule has 0 radical (unpaired) electrons. The summed E-state index contributed by atoms with van der Waals surface area (Å²) in [4.78, 5) is 14.5. The summed E-state index contributed by atoms with van der Waals surface area (Å²) in [5.74, 6) is 0.826. The Labute approximate surface area is 126 Å². The predicted molar refractivity (Wildman–Crippen MR) is 85.5 cm³/mol. The fraction of sp³-hybridized carbons (Fsp3) is 0.588. The van der Waals surface area contributed by atoms with Crippen LogP contribution in [0.1, 0.15) is 19.4 Å². The first kappa shape index (κ1) is 14.4. The van der Waals surface area contributed by atoms with Crippen molar-refractivity contribution in [2.45, 2.75) is 26.3 Å². The standard InChI is InChI=1S/C17H25N3O/c1-12-9-14-5-3-4-6-16(14)20(12)8-7-19-17(21)13(2)15-10-18-11-15/h3-6,12-13,15,18H,7-11H2,1-2H3,(H,19,21). The van der Waals surface area contributed by atoms with E-state index in [0.29, 0.717) is 12.0 Å². The molecule has 3 rings (SSSR count). The maximum Gasteiger partial charge on any atom is 0.223 e. The van der Waals surface area contributed by atoms with E-state index in [-0.39, 0.29) is 11.8 Å². The number of fused-ring (bicyclic) bond motifs is 1. The quantitative estimate of drug-likeness (QED) is 0.860. The molecule has 2 aliphatic heterocycles. The second-order valence-electron chi connectivity index (χ2n) is 6.37. The van der Waals surface area contributed by atoms with Crippen molar-refractivity contribution in [3.8, 4) is 0 Å². The zero-order valence-electron chi connectivity index (χ0n) is 12.9. The van der Waals surface area contributed by atoms with Gasteiger partial charge in [-0.2, -0.15) is 0 Å². The van der Waals surface area contributed by atoms with Crippen molar-refractivity contribution in [3.05, 3.63) is 29.8 Å². The molecular weight excluding hydrogens is 262 g/mol. The summed E-state index contributed by atoms with van der Waals surface area (Å²) in [7, 11) is 0. The van der Waals surface area contributed by atoms with Gasteiger partial charge in [-0.15, -0.1) is 0 Å². The molecule has 2 atom stereocenters. The van der Waals surface area contributed by atoms with Gasteiger partial charge in [0.25, 0.3) is 0 Å². The van der Waals surface area contributed by atoms with Crippen molar-refractivity contribution in [2.24, 2.45) is 11.8 Å². The molecule has 114 valence electrons. The topological polar surface area (TPSA) is 44.4 Å². The molecule has 1 aromatic carbocycles. The normalized spacial score (nSPS) is 22.6. The largest absolute Gasteiger partial charge is 0.367 e. The highest BCUT2D eigenvalue weighted by molar-refractivity contribution is 5.78. The Morgan fingerprint density at radius 1 is 1.43 bits per heavy atom. The summed E-state index contributed by atoms with van der Waals surface area (Å²) in [6.45, 7) is 7.86. The molecule has 1 saturated heterocycles. The van der Waals surface area contributed by atoms with Gasteiger partial charge in [0.05, 0.1) is 0 Å². The van der Waals surface area contributed by atoms with Crippen LogP contribution in [0.25, 0.3) is 0 Å². The van der Waals surface area contributed by atoms with E-state index in [9.17, 15) is 4.79 Å². The Hall–Kier alpha value is -1.55. The third-order valence-electron chi connectivity index (χ3n) is 4.93. The van der Waals surface area contributed by atoms with E-state index in [4.69, 9.17) is 0 Å². The van der Waals surface area contributed by atoms with Crippen LogP contribution >= 0.6 is 0 Å². The zero-order valence-corrected chi connectivity index (χ0v) is 12.9. The number of amides is 1. The summed E-state index contributed by atoms with van der Waals surface area (Å²) in [5.41, 5.74) is 2.75. The summed E-state index contributed by atoms with van der Waals surface area (Å²) in [6.07, 6.45) is 1.11. The molecule has 2 aliphatic rings. The number of benzene rings is 1. The van der Waals surface area contributed by atoms with Gasteiger partial charge in [0.2, 0.25) is 5.91 Å². The van der Waals surface area contributed by atoms with Crippen molar-refractivity contribution >= 4 is 11.6 Å². The Balaban J connectivity index is 1.50. The van der Waals surface area contributed by atoms with Gasteiger partial charge in [-0.05, 0) is 44.0 Å². The summed E-state index contributed by atoms with van der Waals surface area (Å²) < 4.78 is 0. The lowest BCUT2D eigenvalue weighted by Crippen LogP contribution is -2.50. The average Bonchev–Trinajstić information content (AvgIpc) is 2.73. The van der Waals surface area contributed by atoms with Crippen LogP contribution in [0.2, 0.25) is 0 Å². The van der Waals surface area contributed by atoms with Crippen LogP contribution < -0.4 is 15.5 Å². The molecule has 4 nitrogen and oxygen atoms in total. The number of carbonyl (C=O) groups excluding carboxylic acids is 1. The van der Waals surface area contributed by atoms with Gasteiger partial charge in [0.15, 0.2) is 0 Å². The number of rotatable bonds is 5. The highest BCUT2D eigenvalue weighted by Crippen LogP contribution is 2.31. The van der Waals surface area contributed by atoms with Crippen LogP contribution in [0.15, 0.2) is 24.3 Å². The SMILES string of the molecule is CC(C(=O)NCCN1c2ccccc2CC1C)C1CNC1. The molecule has 4 heteroatoms. The van der Waals surface area contributed by atoms with Crippen molar-refractivity contribution in [1.29, 1.82) is 0 Å². The summed E-state index contributed by atoms with van der Waals surface area (Å²) in [6, 6.07) is 9.10. The van der Waals surface area contributed by atoms with E-state index < -0.39 is 0 Å². The minimum absolute atomic E-state index is 0.120. The summed E-state index contributed by atoms with van der Waals surface area (Å²) >= 11 is 0. The molecule has 0 spiro atoms. The zero-order chi connectivity index (χ0) is 14.8. The van der Waals surface area contributed by atoms with E-state index in [0.717, 1.165) is 32.6 Å². The lowest BCUT2D eigenvalue weighted by Gasteiger charge is -2.32. The number of nitrogens with zero attached hydrogens (tertiary/aromatic N) is 1. The number of anilines is 1. The molecule has 2 N–H and O–H groups in total. The van der Waals surface area contributed by atoms with Gasteiger partial charge >= 0.3 is 0 Å². The fourth-order valence-corrected chi connectivity index (χ4v) is 3.31. The van der Waals surface area contributed by atoms with Crippen LogP contribution in [0, 0.1) is 11.8 Å². The predicted octanol–water partition coefficient (Wildman–Crippen LogP) is 1.41. The first-order valence-corrected chi connectivity index (χ1v) is 8.00. The van der Waals surface area contributed by atoms with Crippen LogP contribution in [0.5, 0.6) is 0 Å². The van der Waals surface area contributed by atoms with Gasteiger partial charge in [-0.1, -0.05) is 25.1 Å². The molecule has 2 heterocycles. The van der Waals surface area contributed by atoms with E-state index >= 15 is 0 Å². The molecule has 1 fully saturated rings. The van der Waals surface area contributed by atoms with Crippen LogP contribution in [-0.2, 0) is 11.2 Å². The van der Waals surface area contributed by atoms with E-state index in [1.54, 1.807) is 0 Å². The van der Waals surface area contributed by atoms with Gasteiger partial charge in [0, 0.05) is 30.7 Å². The molecule has 0 bridgehead atoms. The van der Waals surface area contributed by atoms with Gasteiger partial charge in [-0.3, -0.25) is 4.79 Å².